The van der Waals surface area contributed by atoms with Crippen molar-refractivity contribution in [2.45, 2.75) is 31.3 Å². The zero-order valence-corrected chi connectivity index (χ0v) is 11.8. The largest absolute Gasteiger partial charge is 0.388 e. The van der Waals surface area contributed by atoms with E-state index in [4.69, 9.17) is 0 Å². The minimum atomic E-state index is -1.08. The molecule has 0 spiro atoms. The molecule has 2 N–H and O–H groups in total. The number of carbonyl (C=O) groups excluding carboxylic acids is 1. The van der Waals surface area contributed by atoms with Crippen LogP contribution >= 0.6 is 15.9 Å². The van der Waals surface area contributed by atoms with Crippen LogP contribution < -0.4 is 5.32 Å². The van der Waals surface area contributed by atoms with Crippen LogP contribution in [-0.4, -0.2) is 23.2 Å². The second kappa shape index (κ2) is 5.54. The lowest BCUT2D eigenvalue weighted by molar-refractivity contribution is 0.0449. The lowest BCUT2D eigenvalue weighted by atomic mass is 10.0. The van der Waals surface area contributed by atoms with Crippen LogP contribution in [0.15, 0.2) is 16.6 Å². The van der Waals surface area contributed by atoms with Crippen molar-refractivity contribution >= 4 is 21.8 Å². The molecule has 1 aliphatic rings. The highest BCUT2D eigenvalue weighted by Gasteiger charge is 2.31. The number of rotatable bonds is 3. The summed E-state index contributed by atoms with van der Waals surface area (Å²) in [6.07, 6.45) is 3.15. The van der Waals surface area contributed by atoms with Crippen molar-refractivity contribution in [3.8, 4) is 0 Å². The van der Waals surface area contributed by atoms with Gasteiger partial charge in [-0.3, -0.25) is 4.79 Å². The van der Waals surface area contributed by atoms with Crippen LogP contribution in [0.5, 0.6) is 0 Å². The lowest BCUT2D eigenvalue weighted by Gasteiger charge is -2.22. The molecular weight excluding hydrogens is 320 g/mol. The molecule has 104 valence electrons. The number of hydrogen-bond acceptors (Lipinski definition) is 2. The van der Waals surface area contributed by atoms with E-state index >= 15 is 0 Å². The molecule has 19 heavy (non-hydrogen) atoms. The van der Waals surface area contributed by atoms with E-state index in [1.54, 1.807) is 0 Å². The Balaban J connectivity index is 2.06. The minimum absolute atomic E-state index is 0.0143. The zero-order valence-electron chi connectivity index (χ0n) is 10.2. The number of halogens is 3. The van der Waals surface area contributed by atoms with E-state index in [-0.39, 0.29) is 16.6 Å². The first kappa shape index (κ1) is 14.4. The molecule has 0 aliphatic heterocycles. The van der Waals surface area contributed by atoms with Gasteiger partial charge in [0.15, 0.2) is 11.6 Å². The van der Waals surface area contributed by atoms with E-state index in [1.165, 1.54) is 0 Å². The molecule has 6 heteroatoms. The third-order valence-corrected chi connectivity index (χ3v) is 4.02. The van der Waals surface area contributed by atoms with Crippen molar-refractivity contribution in [1.29, 1.82) is 0 Å². The van der Waals surface area contributed by atoms with Crippen LogP contribution in [0, 0.1) is 11.6 Å². The first-order valence-corrected chi connectivity index (χ1v) is 6.86. The van der Waals surface area contributed by atoms with Crippen molar-refractivity contribution in [2.24, 2.45) is 0 Å². The smallest absolute Gasteiger partial charge is 0.252 e. The Morgan fingerprint density at radius 3 is 2.53 bits per heavy atom. The standard InChI is InChI=1S/C13H14BrF2NO2/c14-9-6-11(16)10(15)5-8(9)12(18)17-7-13(19)3-1-2-4-13/h5-6,19H,1-4,7H2,(H,17,18). The molecule has 0 unspecified atom stereocenters. The second-order valence-corrected chi connectivity index (χ2v) is 5.71. The van der Waals surface area contributed by atoms with E-state index in [0.29, 0.717) is 12.8 Å². The van der Waals surface area contributed by atoms with Crippen LogP contribution in [0.25, 0.3) is 0 Å². The number of nitrogens with one attached hydrogen (secondary N) is 1. The van der Waals surface area contributed by atoms with Gasteiger partial charge in [-0.15, -0.1) is 0 Å². The summed E-state index contributed by atoms with van der Waals surface area (Å²) in [5.41, 5.74) is -0.860. The Kier molecular flexibility index (Phi) is 4.20. The number of carbonyl (C=O) groups is 1. The van der Waals surface area contributed by atoms with Crippen LogP contribution in [0.2, 0.25) is 0 Å². The van der Waals surface area contributed by atoms with Crippen molar-refractivity contribution in [2.75, 3.05) is 6.54 Å². The van der Waals surface area contributed by atoms with Crippen LogP contribution in [0.1, 0.15) is 36.0 Å². The maximum Gasteiger partial charge on any atom is 0.252 e. The van der Waals surface area contributed by atoms with E-state index in [2.05, 4.69) is 21.2 Å². The van der Waals surface area contributed by atoms with Crippen molar-refractivity contribution in [3.05, 3.63) is 33.8 Å². The van der Waals surface area contributed by atoms with Crippen LogP contribution in [0.3, 0.4) is 0 Å². The predicted molar refractivity (Wildman–Crippen MR) is 69.8 cm³/mol. The SMILES string of the molecule is O=C(NCC1(O)CCCC1)c1cc(F)c(F)cc1Br. The molecule has 0 aromatic heterocycles. The minimum Gasteiger partial charge on any atom is -0.388 e. The quantitative estimate of drug-likeness (QED) is 0.835. The molecule has 1 aromatic rings. The Labute approximate surface area is 118 Å². The van der Waals surface area contributed by atoms with Crippen LogP contribution in [0.4, 0.5) is 8.78 Å². The van der Waals surface area contributed by atoms with Gasteiger partial charge in [-0.05, 0) is 40.9 Å². The molecule has 1 aromatic carbocycles. The zero-order chi connectivity index (χ0) is 14.0. The van der Waals surface area contributed by atoms with Gasteiger partial charge in [0.05, 0.1) is 11.2 Å². The summed E-state index contributed by atoms with van der Waals surface area (Å²) in [5.74, 6) is -2.63. The average Bonchev–Trinajstić information content (AvgIpc) is 2.78. The normalized spacial score (nSPS) is 17.5. The number of aliphatic hydroxyl groups is 1. The maximum absolute atomic E-state index is 13.1. The summed E-state index contributed by atoms with van der Waals surface area (Å²) in [6.45, 7) is 0.122. The topological polar surface area (TPSA) is 49.3 Å². The summed E-state index contributed by atoms with van der Waals surface area (Å²) >= 11 is 3.02. The van der Waals surface area contributed by atoms with E-state index in [0.717, 1.165) is 25.0 Å². The molecule has 1 amide bonds. The molecule has 3 nitrogen and oxygen atoms in total. The highest BCUT2D eigenvalue weighted by Crippen LogP contribution is 2.29. The number of amides is 1. The average molecular weight is 334 g/mol. The molecule has 1 fully saturated rings. The van der Waals surface area contributed by atoms with Gasteiger partial charge in [-0.2, -0.15) is 0 Å². The van der Waals surface area contributed by atoms with E-state index in [9.17, 15) is 18.7 Å². The molecule has 0 saturated heterocycles. The van der Waals surface area contributed by atoms with E-state index < -0.39 is 23.1 Å². The summed E-state index contributed by atoms with van der Waals surface area (Å²) in [7, 11) is 0. The Hall–Kier alpha value is -1.01. The molecular formula is C13H14BrF2NO2. The molecule has 1 saturated carbocycles. The maximum atomic E-state index is 13.1. The monoisotopic (exact) mass is 333 g/mol. The van der Waals surface area contributed by atoms with Gasteiger partial charge < -0.3 is 10.4 Å². The second-order valence-electron chi connectivity index (χ2n) is 4.86. The molecule has 0 bridgehead atoms. The highest BCUT2D eigenvalue weighted by atomic mass is 79.9. The highest BCUT2D eigenvalue weighted by molar-refractivity contribution is 9.10. The number of hydrogen-bond donors (Lipinski definition) is 2. The first-order valence-electron chi connectivity index (χ1n) is 6.06. The molecule has 2 rings (SSSR count). The van der Waals surface area contributed by atoms with Crippen LogP contribution in [-0.2, 0) is 0 Å². The Morgan fingerprint density at radius 1 is 1.32 bits per heavy atom. The van der Waals surface area contributed by atoms with Gasteiger partial charge in [0.1, 0.15) is 0 Å². The fourth-order valence-corrected chi connectivity index (χ4v) is 2.74. The summed E-state index contributed by atoms with van der Waals surface area (Å²) in [4.78, 5) is 11.9. The summed E-state index contributed by atoms with van der Waals surface area (Å²) < 4.78 is 26.2. The Morgan fingerprint density at radius 2 is 1.89 bits per heavy atom. The summed E-state index contributed by atoms with van der Waals surface area (Å²) in [5, 5.41) is 12.7. The Bertz CT molecular complexity index is 502. The molecule has 0 heterocycles. The lowest BCUT2D eigenvalue weighted by Crippen LogP contribution is -2.40. The van der Waals surface area contributed by atoms with Crippen molar-refractivity contribution in [1.82, 2.24) is 5.32 Å². The van der Waals surface area contributed by atoms with Gasteiger partial charge in [-0.25, -0.2) is 8.78 Å². The summed E-state index contributed by atoms with van der Waals surface area (Å²) in [6, 6.07) is 1.75. The fraction of sp³-hybridized carbons (Fsp3) is 0.462. The molecule has 0 radical (unpaired) electrons. The van der Waals surface area contributed by atoms with E-state index in [1.807, 2.05) is 0 Å². The van der Waals surface area contributed by atoms with Gasteiger partial charge in [-0.1, -0.05) is 12.8 Å². The van der Waals surface area contributed by atoms with Gasteiger partial charge in [0.25, 0.3) is 5.91 Å². The van der Waals surface area contributed by atoms with Crippen molar-refractivity contribution < 1.29 is 18.7 Å². The van der Waals surface area contributed by atoms with Crippen molar-refractivity contribution in [3.63, 3.8) is 0 Å². The third kappa shape index (κ3) is 3.30. The third-order valence-electron chi connectivity index (χ3n) is 3.37. The predicted octanol–water partition coefficient (Wildman–Crippen LogP) is 2.76. The molecule has 0 atom stereocenters. The van der Waals surface area contributed by atoms with Gasteiger partial charge in [0.2, 0.25) is 0 Å². The van der Waals surface area contributed by atoms with Gasteiger partial charge in [0, 0.05) is 11.0 Å². The number of benzene rings is 1. The van der Waals surface area contributed by atoms with Gasteiger partial charge >= 0.3 is 0 Å². The fourth-order valence-electron chi connectivity index (χ4n) is 2.25. The first-order chi connectivity index (χ1) is 8.91. The molecule has 1 aliphatic carbocycles.